The lowest BCUT2D eigenvalue weighted by atomic mass is 10.3. The molecule has 0 saturated heterocycles. The molecule has 0 atom stereocenters. The molecule has 0 aliphatic carbocycles. The van der Waals surface area contributed by atoms with Crippen molar-refractivity contribution < 1.29 is 21.6 Å². The van der Waals surface area contributed by atoms with Crippen LogP contribution in [-0.2, 0) is 10.0 Å². The molecule has 0 spiro atoms. The highest BCUT2D eigenvalue weighted by Gasteiger charge is 2.29. The zero-order valence-corrected chi connectivity index (χ0v) is 13.1. The Morgan fingerprint density at radius 3 is 2.33 bits per heavy atom. The summed E-state index contributed by atoms with van der Waals surface area (Å²) in [5.41, 5.74) is 6.14. The molecular weight excluding hydrogens is 325 g/mol. The molecule has 0 amide bonds. The Hall–Kier alpha value is -0.930. The Morgan fingerprint density at radius 1 is 1.24 bits per heavy atom. The van der Waals surface area contributed by atoms with Crippen LogP contribution in [0.25, 0.3) is 0 Å². The maximum Gasteiger partial charge on any atom is 0.390 e. The van der Waals surface area contributed by atoms with E-state index in [-0.39, 0.29) is 11.5 Å². The molecule has 0 bridgehead atoms. The summed E-state index contributed by atoms with van der Waals surface area (Å²) in [5, 5.41) is 0. The van der Waals surface area contributed by atoms with Crippen LogP contribution in [-0.4, -0.2) is 44.0 Å². The van der Waals surface area contributed by atoms with Crippen LogP contribution in [0.4, 0.5) is 18.9 Å². The quantitative estimate of drug-likeness (QED) is 0.611. The molecule has 1 aromatic carbocycles. The van der Waals surface area contributed by atoms with Crippen LogP contribution in [0.2, 0.25) is 0 Å². The van der Waals surface area contributed by atoms with E-state index in [1.807, 2.05) is 0 Å². The number of nitrogens with zero attached hydrogens (tertiary/aromatic N) is 1. The highest BCUT2D eigenvalue weighted by Crippen LogP contribution is 2.22. The van der Waals surface area contributed by atoms with Crippen LogP contribution in [0.1, 0.15) is 6.42 Å². The second-order valence-corrected chi connectivity index (χ2v) is 7.78. The lowest BCUT2D eigenvalue weighted by molar-refractivity contribution is -0.135. The molecule has 0 aromatic heterocycles. The van der Waals surface area contributed by atoms with Gasteiger partial charge in [0.05, 0.1) is 12.2 Å². The van der Waals surface area contributed by atoms with Crippen molar-refractivity contribution in [1.29, 1.82) is 0 Å². The van der Waals surface area contributed by atoms with Gasteiger partial charge in [0.25, 0.3) is 0 Å². The van der Waals surface area contributed by atoms with Crippen molar-refractivity contribution >= 4 is 27.5 Å². The maximum absolute atomic E-state index is 12.1. The van der Waals surface area contributed by atoms with E-state index in [0.717, 1.165) is 16.2 Å². The van der Waals surface area contributed by atoms with Gasteiger partial charge in [-0.3, -0.25) is 0 Å². The third kappa shape index (κ3) is 7.05. The van der Waals surface area contributed by atoms with Crippen molar-refractivity contribution in [3.05, 3.63) is 24.3 Å². The Morgan fingerprint density at radius 2 is 1.81 bits per heavy atom. The van der Waals surface area contributed by atoms with Crippen molar-refractivity contribution in [2.75, 3.05) is 30.8 Å². The predicted molar refractivity (Wildman–Crippen MR) is 78.7 cm³/mol. The summed E-state index contributed by atoms with van der Waals surface area (Å²) < 4.78 is 60.6. The molecule has 1 aromatic rings. The largest absolute Gasteiger partial charge is 0.399 e. The lowest BCUT2D eigenvalue weighted by Gasteiger charge is -2.17. The van der Waals surface area contributed by atoms with Gasteiger partial charge in [0, 0.05) is 29.9 Å². The summed E-state index contributed by atoms with van der Waals surface area (Å²) in [4.78, 5) is 0.859. The number of nitrogen functional groups attached to an aromatic ring is 1. The Labute approximate surface area is 126 Å². The molecule has 0 saturated carbocycles. The zero-order valence-electron chi connectivity index (χ0n) is 11.4. The fraction of sp³-hybridized carbons (Fsp3) is 0.500. The topological polar surface area (TPSA) is 63.4 Å². The van der Waals surface area contributed by atoms with E-state index in [1.165, 1.54) is 11.8 Å². The molecular formula is C12H17F3N2O2S2. The van der Waals surface area contributed by atoms with Gasteiger partial charge in [-0.2, -0.15) is 13.2 Å². The first kappa shape index (κ1) is 18.1. The van der Waals surface area contributed by atoms with E-state index in [2.05, 4.69) is 0 Å². The summed E-state index contributed by atoms with van der Waals surface area (Å²) in [7, 11) is -2.51. The first-order chi connectivity index (χ1) is 9.60. The molecule has 21 heavy (non-hydrogen) atoms. The minimum absolute atomic E-state index is 0.212. The number of sulfonamides is 1. The van der Waals surface area contributed by atoms with Crippen LogP contribution < -0.4 is 5.73 Å². The van der Waals surface area contributed by atoms with Crippen molar-refractivity contribution in [3.63, 3.8) is 0 Å². The number of rotatable bonds is 7. The molecule has 0 heterocycles. The van der Waals surface area contributed by atoms with Crippen LogP contribution in [0.5, 0.6) is 0 Å². The summed E-state index contributed by atoms with van der Waals surface area (Å²) in [5.74, 6) is 0.0546. The minimum atomic E-state index is -4.36. The molecule has 9 heteroatoms. The highest BCUT2D eigenvalue weighted by molar-refractivity contribution is 8.00. The number of anilines is 1. The van der Waals surface area contributed by atoms with Crippen molar-refractivity contribution in [2.45, 2.75) is 17.5 Å². The zero-order chi connectivity index (χ0) is 16.1. The second-order valence-electron chi connectivity index (χ2n) is 4.42. The van der Waals surface area contributed by atoms with E-state index in [4.69, 9.17) is 5.73 Å². The molecule has 0 fully saturated rings. The Balaban J connectivity index is 2.43. The van der Waals surface area contributed by atoms with Crippen LogP contribution in [0.3, 0.4) is 0 Å². The summed E-state index contributed by atoms with van der Waals surface area (Å²) in [6, 6.07) is 6.93. The van der Waals surface area contributed by atoms with Crippen LogP contribution in [0, 0.1) is 0 Å². The summed E-state index contributed by atoms with van der Waals surface area (Å²) in [6.45, 7) is -0.557. The lowest BCUT2D eigenvalue weighted by Crippen LogP contribution is -2.33. The van der Waals surface area contributed by atoms with Crippen LogP contribution in [0.15, 0.2) is 29.2 Å². The molecule has 0 aliphatic rings. The van der Waals surface area contributed by atoms with Gasteiger partial charge in [0.2, 0.25) is 10.0 Å². The second kappa shape index (κ2) is 7.37. The highest BCUT2D eigenvalue weighted by atomic mass is 32.2. The van der Waals surface area contributed by atoms with Crippen molar-refractivity contribution in [3.8, 4) is 0 Å². The maximum atomic E-state index is 12.1. The molecule has 4 nitrogen and oxygen atoms in total. The number of alkyl halides is 3. The monoisotopic (exact) mass is 342 g/mol. The van der Waals surface area contributed by atoms with Crippen molar-refractivity contribution in [2.24, 2.45) is 0 Å². The summed E-state index contributed by atoms with van der Waals surface area (Å²) >= 11 is 1.31. The number of hydrogen-bond donors (Lipinski definition) is 1. The average molecular weight is 342 g/mol. The van der Waals surface area contributed by atoms with Gasteiger partial charge in [0.1, 0.15) is 0 Å². The van der Waals surface area contributed by atoms with E-state index in [1.54, 1.807) is 24.3 Å². The predicted octanol–water partition coefficient (Wildman–Crippen LogP) is 2.57. The van der Waals surface area contributed by atoms with Gasteiger partial charge >= 0.3 is 6.18 Å². The normalized spacial score (nSPS) is 12.8. The van der Waals surface area contributed by atoms with E-state index in [0.29, 0.717) is 5.69 Å². The number of benzene rings is 1. The number of halogens is 3. The molecule has 0 radical (unpaired) electrons. The molecule has 1 rings (SSSR count). The number of thioether (sulfide) groups is 1. The smallest absolute Gasteiger partial charge is 0.390 e. The standard InChI is InChI=1S/C12H17F3N2O2S2/c1-17(7-6-12(13,14)15)21(18,19)9-8-20-11-4-2-10(16)3-5-11/h2-5H,6-9,16H2,1H3. The molecule has 120 valence electrons. The SMILES string of the molecule is CN(CCC(F)(F)F)S(=O)(=O)CCSc1ccc(N)cc1. The van der Waals surface area contributed by atoms with Gasteiger partial charge in [-0.15, -0.1) is 11.8 Å². The van der Waals surface area contributed by atoms with E-state index >= 15 is 0 Å². The van der Waals surface area contributed by atoms with E-state index < -0.39 is 29.2 Å². The van der Waals surface area contributed by atoms with Crippen LogP contribution >= 0.6 is 11.8 Å². The third-order valence-electron chi connectivity index (χ3n) is 2.68. The molecule has 0 unspecified atom stereocenters. The number of hydrogen-bond acceptors (Lipinski definition) is 4. The van der Waals surface area contributed by atoms with E-state index in [9.17, 15) is 21.6 Å². The van der Waals surface area contributed by atoms with Gasteiger partial charge in [-0.05, 0) is 24.3 Å². The Kier molecular flexibility index (Phi) is 6.36. The summed E-state index contributed by atoms with van der Waals surface area (Å²) in [6.07, 6.45) is -5.50. The fourth-order valence-electron chi connectivity index (χ4n) is 1.41. The molecule has 2 N–H and O–H groups in total. The fourth-order valence-corrected chi connectivity index (χ4v) is 3.83. The minimum Gasteiger partial charge on any atom is -0.399 e. The van der Waals surface area contributed by atoms with Crippen molar-refractivity contribution in [1.82, 2.24) is 4.31 Å². The first-order valence-electron chi connectivity index (χ1n) is 6.09. The van der Waals surface area contributed by atoms with Gasteiger partial charge in [-0.25, -0.2) is 12.7 Å². The van der Waals surface area contributed by atoms with Gasteiger partial charge in [0.15, 0.2) is 0 Å². The Bertz CT molecular complexity index is 545. The van der Waals surface area contributed by atoms with Gasteiger partial charge in [-0.1, -0.05) is 0 Å². The third-order valence-corrected chi connectivity index (χ3v) is 5.80. The number of nitrogens with two attached hydrogens (primary N) is 1. The average Bonchev–Trinajstić information content (AvgIpc) is 2.37. The molecule has 0 aliphatic heterocycles. The van der Waals surface area contributed by atoms with Gasteiger partial charge < -0.3 is 5.73 Å². The first-order valence-corrected chi connectivity index (χ1v) is 8.69.